The van der Waals surface area contributed by atoms with Crippen LogP contribution in [0.1, 0.15) is 26.3 Å². The number of carbonyl (C=O) groups excluding carboxylic acids is 2. The highest BCUT2D eigenvalue weighted by Crippen LogP contribution is 2.15. The number of carbonyl (C=O) groups is 2. The predicted octanol–water partition coefficient (Wildman–Crippen LogP) is 4.43. The molecule has 0 saturated carbocycles. The van der Waals surface area contributed by atoms with Crippen LogP contribution in [0.4, 0.5) is 0 Å². The van der Waals surface area contributed by atoms with Crippen molar-refractivity contribution < 1.29 is 19.1 Å². The van der Waals surface area contributed by atoms with Gasteiger partial charge in [0.25, 0.3) is 0 Å². The Morgan fingerprint density at radius 2 is 1.04 bits per heavy atom. The number of hydrogen-bond donors (Lipinski definition) is 0. The third-order valence-corrected chi connectivity index (χ3v) is 3.54. The molecule has 0 bridgehead atoms. The van der Waals surface area contributed by atoms with E-state index in [-0.39, 0.29) is 0 Å². The van der Waals surface area contributed by atoms with Crippen molar-refractivity contribution in [1.82, 2.24) is 0 Å². The fraction of sp³-hybridized carbons (Fsp3) is 0.0476. The zero-order chi connectivity index (χ0) is 17.6. The van der Waals surface area contributed by atoms with Gasteiger partial charge in [-0.05, 0) is 55.5 Å². The number of hydrogen-bond acceptors (Lipinski definition) is 4. The number of aryl methyl sites for hydroxylation is 1. The van der Waals surface area contributed by atoms with Crippen molar-refractivity contribution in [2.24, 2.45) is 0 Å². The SMILES string of the molecule is Cc1ccc(OC(=O)c2ccc(C(=O)Oc3ccccc3)cc2)cc1. The molecule has 3 aromatic rings. The molecule has 3 rings (SSSR count). The lowest BCUT2D eigenvalue weighted by atomic mass is 10.1. The van der Waals surface area contributed by atoms with E-state index in [1.165, 1.54) is 24.3 Å². The first kappa shape index (κ1) is 16.5. The van der Waals surface area contributed by atoms with Crippen molar-refractivity contribution in [2.75, 3.05) is 0 Å². The van der Waals surface area contributed by atoms with Gasteiger partial charge in [0, 0.05) is 0 Å². The molecule has 4 nitrogen and oxygen atoms in total. The summed E-state index contributed by atoms with van der Waals surface area (Å²) in [5.74, 6) is -0.0185. The van der Waals surface area contributed by atoms with Gasteiger partial charge in [0.15, 0.2) is 0 Å². The predicted molar refractivity (Wildman–Crippen MR) is 94.0 cm³/mol. The van der Waals surface area contributed by atoms with Gasteiger partial charge in [0.1, 0.15) is 11.5 Å². The Kier molecular flexibility index (Phi) is 4.90. The third-order valence-electron chi connectivity index (χ3n) is 3.54. The molecular formula is C21H16O4. The van der Waals surface area contributed by atoms with Crippen molar-refractivity contribution in [3.05, 3.63) is 95.6 Å². The molecule has 0 radical (unpaired) electrons. The molecule has 4 heteroatoms. The molecular weight excluding hydrogens is 316 g/mol. The number of esters is 2. The summed E-state index contributed by atoms with van der Waals surface area (Å²) in [4.78, 5) is 24.2. The quantitative estimate of drug-likeness (QED) is 0.524. The molecule has 124 valence electrons. The van der Waals surface area contributed by atoms with E-state index < -0.39 is 11.9 Å². The average Bonchev–Trinajstić information content (AvgIpc) is 2.64. The van der Waals surface area contributed by atoms with Crippen molar-refractivity contribution in [3.63, 3.8) is 0 Å². The van der Waals surface area contributed by atoms with Gasteiger partial charge in [-0.15, -0.1) is 0 Å². The van der Waals surface area contributed by atoms with E-state index >= 15 is 0 Å². The van der Waals surface area contributed by atoms with Gasteiger partial charge in [0.05, 0.1) is 11.1 Å². The van der Waals surface area contributed by atoms with Crippen LogP contribution in [0.2, 0.25) is 0 Å². The molecule has 0 N–H and O–H groups in total. The molecule has 0 heterocycles. The lowest BCUT2D eigenvalue weighted by Crippen LogP contribution is -2.11. The molecule has 0 saturated heterocycles. The molecule has 3 aromatic carbocycles. The zero-order valence-electron chi connectivity index (χ0n) is 13.6. The molecule has 0 amide bonds. The molecule has 0 aliphatic carbocycles. The monoisotopic (exact) mass is 332 g/mol. The van der Waals surface area contributed by atoms with E-state index in [1.54, 1.807) is 36.4 Å². The van der Waals surface area contributed by atoms with Crippen LogP contribution < -0.4 is 9.47 Å². The fourth-order valence-corrected chi connectivity index (χ4v) is 2.17. The average molecular weight is 332 g/mol. The smallest absolute Gasteiger partial charge is 0.343 e. The Balaban J connectivity index is 1.66. The maximum atomic E-state index is 12.1. The fourth-order valence-electron chi connectivity index (χ4n) is 2.17. The Bertz CT molecular complexity index is 866. The van der Waals surface area contributed by atoms with E-state index in [0.29, 0.717) is 22.6 Å². The second-order valence-corrected chi connectivity index (χ2v) is 5.48. The highest BCUT2D eigenvalue weighted by Gasteiger charge is 2.12. The highest BCUT2D eigenvalue weighted by molar-refractivity contribution is 5.94. The van der Waals surface area contributed by atoms with Gasteiger partial charge in [-0.2, -0.15) is 0 Å². The van der Waals surface area contributed by atoms with Gasteiger partial charge in [-0.3, -0.25) is 0 Å². The molecule has 0 unspecified atom stereocenters. The summed E-state index contributed by atoms with van der Waals surface area (Å²) >= 11 is 0. The van der Waals surface area contributed by atoms with Gasteiger partial charge in [-0.25, -0.2) is 9.59 Å². The number of rotatable bonds is 4. The summed E-state index contributed by atoms with van der Waals surface area (Å²) in [6, 6.07) is 22.2. The van der Waals surface area contributed by atoms with Crippen LogP contribution in [-0.2, 0) is 0 Å². The Hall–Kier alpha value is -3.40. The first-order valence-corrected chi connectivity index (χ1v) is 7.78. The Morgan fingerprint density at radius 3 is 1.52 bits per heavy atom. The van der Waals surface area contributed by atoms with E-state index in [2.05, 4.69) is 0 Å². The summed E-state index contributed by atoms with van der Waals surface area (Å²) in [6.07, 6.45) is 0. The molecule has 0 fully saturated rings. The number of para-hydroxylation sites is 1. The summed E-state index contributed by atoms with van der Waals surface area (Å²) in [7, 11) is 0. The first-order chi connectivity index (χ1) is 12.1. The van der Waals surface area contributed by atoms with Gasteiger partial charge in [0.2, 0.25) is 0 Å². The molecule has 0 aromatic heterocycles. The topological polar surface area (TPSA) is 52.6 Å². The van der Waals surface area contributed by atoms with Crippen LogP contribution >= 0.6 is 0 Å². The standard InChI is InChI=1S/C21H16O4/c1-15-7-13-19(14-8-15)25-21(23)17-11-9-16(10-12-17)20(22)24-18-5-3-2-4-6-18/h2-14H,1H3. The van der Waals surface area contributed by atoms with Crippen LogP contribution in [-0.4, -0.2) is 11.9 Å². The molecule has 25 heavy (non-hydrogen) atoms. The Morgan fingerprint density at radius 1 is 0.600 bits per heavy atom. The van der Waals surface area contributed by atoms with Crippen molar-refractivity contribution in [1.29, 1.82) is 0 Å². The Labute approximate surface area is 145 Å². The summed E-state index contributed by atoms with van der Waals surface area (Å²) < 4.78 is 10.5. The zero-order valence-corrected chi connectivity index (χ0v) is 13.6. The summed E-state index contributed by atoms with van der Waals surface area (Å²) in [5, 5.41) is 0. The summed E-state index contributed by atoms with van der Waals surface area (Å²) in [6.45, 7) is 1.96. The molecule has 0 spiro atoms. The largest absolute Gasteiger partial charge is 0.423 e. The normalized spacial score (nSPS) is 10.1. The van der Waals surface area contributed by atoms with Crippen LogP contribution in [0, 0.1) is 6.92 Å². The van der Waals surface area contributed by atoms with Crippen LogP contribution in [0.5, 0.6) is 11.5 Å². The van der Waals surface area contributed by atoms with Crippen LogP contribution in [0.15, 0.2) is 78.9 Å². The maximum absolute atomic E-state index is 12.1. The first-order valence-electron chi connectivity index (χ1n) is 7.78. The van der Waals surface area contributed by atoms with E-state index in [4.69, 9.17) is 9.47 Å². The van der Waals surface area contributed by atoms with Crippen LogP contribution in [0.25, 0.3) is 0 Å². The molecule has 0 aliphatic heterocycles. The van der Waals surface area contributed by atoms with Crippen molar-refractivity contribution >= 4 is 11.9 Å². The summed E-state index contributed by atoms with van der Waals surface area (Å²) in [5.41, 5.74) is 1.80. The van der Waals surface area contributed by atoms with Crippen molar-refractivity contribution in [2.45, 2.75) is 6.92 Å². The van der Waals surface area contributed by atoms with Gasteiger partial charge < -0.3 is 9.47 Å². The number of benzene rings is 3. The van der Waals surface area contributed by atoms with Crippen molar-refractivity contribution in [3.8, 4) is 11.5 Å². The lowest BCUT2D eigenvalue weighted by Gasteiger charge is -2.06. The number of ether oxygens (including phenoxy) is 2. The van der Waals surface area contributed by atoms with Gasteiger partial charge in [-0.1, -0.05) is 35.9 Å². The second kappa shape index (κ2) is 7.45. The highest BCUT2D eigenvalue weighted by atomic mass is 16.5. The second-order valence-electron chi connectivity index (χ2n) is 5.48. The third kappa shape index (κ3) is 4.32. The maximum Gasteiger partial charge on any atom is 0.343 e. The minimum Gasteiger partial charge on any atom is -0.423 e. The van der Waals surface area contributed by atoms with E-state index in [1.807, 2.05) is 25.1 Å². The minimum atomic E-state index is -0.482. The minimum absolute atomic E-state index is 0.357. The van der Waals surface area contributed by atoms with Crippen LogP contribution in [0.3, 0.4) is 0 Å². The van der Waals surface area contributed by atoms with E-state index in [0.717, 1.165) is 5.56 Å². The van der Waals surface area contributed by atoms with E-state index in [9.17, 15) is 9.59 Å². The lowest BCUT2D eigenvalue weighted by molar-refractivity contribution is 0.0720. The molecule has 0 aliphatic rings. The molecule has 0 atom stereocenters. The van der Waals surface area contributed by atoms with Gasteiger partial charge >= 0.3 is 11.9 Å².